The minimum Gasteiger partial charge on any atom is -0.493 e. The number of hydrogen-bond donors (Lipinski definition) is 2. The van der Waals surface area contributed by atoms with Crippen LogP contribution in [0.3, 0.4) is 0 Å². The predicted octanol–water partition coefficient (Wildman–Crippen LogP) is 1.64. The summed E-state index contributed by atoms with van der Waals surface area (Å²) in [5.74, 6) is 1.52. The van der Waals surface area contributed by atoms with E-state index in [1.807, 2.05) is 24.3 Å². The summed E-state index contributed by atoms with van der Waals surface area (Å²) < 4.78 is 11.0. The van der Waals surface area contributed by atoms with Crippen LogP contribution < -0.4 is 15.6 Å². The molecule has 2 N–H and O–H groups in total. The van der Waals surface area contributed by atoms with Crippen molar-refractivity contribution in [3.05, 3.63) is 40.3 Å². The Balaban J connectivity index is 1.42. The van der Waals surface area contributed by atoms with Gasteiger partial charge in [0, 0.05) is 38.0 Å². The number of aryl methyl sites for hydroxylation is 1. The molecule has 0 saturated carbocycles. The number of morpholine rings is 1. The lowest BCUT2D eigenvalue weighted by molar-refractivity contribution is -0.121. The Kier molecular flexibility index (Phi) is 9.18. The number of amides is 1. The number of nitrogens with one attached hydrogen (secondary N) is 2. The highest BCUT2D eigenvalue weighted by atomic mass is 16.5. The zero-order chi connectivity index (χ0) is 22.8. The Morgan fingerprint density at radius 2 is 1.97 bits per heavy atom. The van der Waals surface area contributed by atoms with Gasteiger partial charge in [0.25, 0.3) is 5.56 Å². The number of hydrogen-bond acceptors (Lipinski definition) is 7. The average Bonchev–Trinajstić information content (AvgIpc) is 2.80. The summed E-state index contributed by atoms with van der Waals surface area (Å²) in [5, 5.41) is 11.1. The van der Waals surface area contributed by atoms with E-state index in [2.05, 4.69) is 39.2 Å². The molecule has 32 heavy (non-hydrogen) atoms. The molecule has 2 aromatic rings. The van der Waals surface area contributed by atoms with Gasteiger partial charge in [0.15, 0.2) is 5.82 Å². The number of H-pyrrole nitrogens is 1. The van der Waals surface area contributed by atoms with Crippen LogP contribution in [0.5, 0.6) is 5.75 Å². The molecular weight excluding hydrogens is 410 g/mol. The molecule has 2 heterocycles. The van der Waals surface area contributed by atoms with Crippen LogP contribution >= 0.6 is 0 Å². The Morgan fingerprint density at radius 3 is 2.66 bits per heavy atom. The number of nitrogens with zero attached hydrogens (tertiary/aromatic N) is 3. The summed E-state index contributed by atoms with van der Waals surface area (Å²) in [6.07, 6.45) is 1.35. The first-order valence-corrected chi connectivity index (χ1v) is 11.3. The molecule has 0 aliphatic carbocycles. The highest BCUT2D eigenvalue weighted by Crippen LogP contribution is 2.18. The number of ether oxygens (including phenoxy) is 2. The quantitative estimate of drug-likeness (QED) is 0.508. The van der Waals surface area contributed by atoms with Crippen molar-refractivity contribution in [2.75, 3.05) is 46.0 Å². The Labute approximate surface area is 188 Å². The summed E-state index contributed by atoms with van der Waals surface area (Å²) in [4.78, 5) is 29.5. The van der Waals surface area contributed by atoms with Gasteiger partial charge < -0.3 is 19.8 Å². The van der Waals surface area contributed by atoms with E-state index in [-0.39, 0.29) is 30.0 Å². The first-order chi connectivity index (χ1) is 15.5. The molecule has 0 unspecified atom stereocenters. The molecule has 1 aromatic carbocycles. The molecule has 1 amide bonds. The highest BCUT2D eigenvalue weighted by Gasteiger charge is 2.11. The average molecular weight is 444 g/mol. The zero-order valence-electron chi connectivity index (χ0n) is 18.9. The summed E-state index contributed by atoms with van der Waals surface area (Å²) in [6, 6.07) is 7.35. The van der Waals surface area contributed by atoms with Crippen molar-refractivity contribution in [3.63, 3.8) is 0 Å². The number of benzene rings is 1. The van der Waals surface area contributed by atoms with Crippen LogP contribution in [0, 0.1) is 5.92 Å². The van der Waals surface area contributed by atoms with Gasteiger partial charge in [-0.2, -0.15) is 0 Å². The van der Waals surface area contributed by atoms with E-state index in [0.717, 1.165) is 50.6 Å². The number of rotatable bonds is 11. The Morgan fingerprint density at radius 1 is 1.22 bits per heavy atom. The van der Waals surface area contributed by atoms with Crippen LogP contribution in [0.25, 0.3) is 11.4 Å². The third-order valence-corrected chi connectivity index (χ3v) is 5.14. The largest absolute Gasteiger partial charge is 0.493 e. The second kappa shape index (κ2) is 12.3. The predicted molar refractivity (Wildman–Crippen MR) is 122 cm³/mol. The van der Waals surface area contributed by atoms with Crippen molar-refractivity contribution in [1.82, 2.24) is 25.4 Å². The van der Waals surface area contributed by atoms with E-state index < -0.39 is 0 Å². The van der Waals surface area contributed by atoms with Gasteiger partial charge in [-0.3, -0.25) is 14.5 Å². The molecule has 0 bridgehead atoms. The molecule has 1 aliphatic heterocycles. The SMILES string of the molecule is CC(C)COc1ccc(-c2nnc(CCC(=O)NCCCN3CCOCC3)c(=O)[nH]2)cc1. The summed E-state index contributed by atoms with van der Waals surface area (Å²) in [5.41, 5.74) is 0.681. The monoisotopic (exact) mass is 443 g/mol. The molecule has 3 rings (SSSR count). The molecule has 1 fully saturated rings. The fourth-order valence-electron chi connectivity index (χ4n) is 3.30. The summed E-state index contributed by atoms with van der Waals surface area (Å²) in [6.45, 7) is 9.83. The van der Waals surface area contributed by atoms with Gasteiger partial charge in [-0.1, -0.05) is 13.8 Å². The fourth-order valence-corrected chi connectivity index (χ4v) is 3.30. The topological polar surface area (TPSA) is 109 Å². The van der Waals surface area contributed by atoms with Crippen molar-refractivity contribution in [3.8, 4) is 17.1 Å². The van der Waals surface area contributed by atoms with Crippen LogP contribution in [0.1, 0.15) is 32.4 Å². The number of aromatic nitrogens is 3. The van der Waals surface area contributed by atoms with E-state index in [9.17, 15) is 9.59 Å². The summed E-state index contributed by atoms with van der Waals surface area (Å²) in [7, 11) is 0. The fraction of sp³-hybridized carbons (Fsp3) is 0.565. The standard InChI is InChI=1S/C23H33N5O4/c1-17(2)16-32-19-6-4-18(5-7-19)22-25-23(30)20(26-27-22)8-9-21(29)24-10-3-11-28-12-14-31-15-13-28/h4-7,17H,3,8-16H2,1-2H3,(H,24,29)(H,25,27,30). The van der Waals surface area contributed by atoms with Crippen LogP contribution in [0.2, 0.25) is 0 Å². The van der Waals surface area contributed by atoms with E-state index in [1.165, 1.54) is 0 Å². The molecule has 9 nitrogen and oxygen atoms in total. The van der Waals surface area contributed by atoms with Crippen molar-refractivity contribution < 1.29 is 14.3 Å². The highest BCUT2D eigenvalue weighted by molar-refractivity contribution is 5.76. The molecule has 1 aliphatic rings. The smallest absolute Gasteiger partial charge is 0.273 e. The number of carbonyl (C=O) groups is 1. The van der Waals surface area contributed by atoms with Gasteiger partial charge in [-0.05, 0) is 43.1 Å². The van der Waals surface area contributed by atoms with E-state index in [0.29, 0.717) is 24.9 Å². The molecule has 0 atom stereocenters. The zero-order valence-corrected chi connectivity index (χ0v) is 18.9. The van der Waals surface area contributed by atoms with Gasteiger partial charge in [0.05, 0.1) is 19.8 Å². The molecule has 9 heteroatoms. The van der Waals surface area contributed by atoms with Crippen molar-refractivity contribution >= 4 is 5.91 Å². The third kappa shape index (κ3) is 7.72. The lowest BCUT2D eigenvalue weighted by Gasteiger charge is -2.26. The van der Waals surface area contributed by atoms with Crippen molar-refractivity contribution in [2.24, 2.45) is 5.92 Å². The lowest BCUT2D eigenvalue weighted by atomic mass is 10.2. The molecule has 0 radical (unpaired) electrons. The Bertz CT molecular complexity index is 907. The second-order valence-electron chi connectivity index (χ2n) is 8.34. The van der Waals surface area contributed by atoms with E-state index in [4.69, 9.17) is 9.47 Å². The van der Waals surface area contributed by atoms with Gasteiger partial charge in [0.2, 0.25) is 5.91 Å². The van der Waals surface area contributed by atoms with Crippen LogP contribution in [0.4, 0.5) is 0 Å². The van der Waals surface area contributed by atoms with Crippen LogP contribution in [0.15, 0.2) is 29.1 Å². The first kappa shape index (κ1) is 23.9. The maximum absolute atomic E-state index is 12.4. The minimum absolute atomic E-state index is 0.0887. The number of carbonyl (C=O) groups excluding carboxylic acids is 1. The van der Waals surface area contributed by atoms with Gasteiger partial charge >= 0.3 is 0 Å². The second-order valence-corrected chi connectivity index (χ2v) is 8.34. The first-order valence-electron chi connectivity index (χ1n) is 11.3. The third-order valence-electron chi connectivity index (χ3n) is 5.14. The van der Waals surface area contributed by atoms with Crippen molar-refractivity contribution in [1.29, 1.82) is 0 Å². The van der Waals surface area contributed by atoms with Gasteiger partial charge in [0.1, 0.15) is 11.4 Å². The number of aromatic amines is 1. The summed E-state index contributed by atoms with van der Waals surface area (Å²) >= 11 is 0. The van der Waals surface area contributed by atoms with Crippen molar-refractivity contribution in [2.45, 2.75) is 33.1 Å². The molecule has 1 aromatic heterocycles. The molecule has 1 saturated heterocycles. The van der Waals surface area contributed by atoms with Gasteiger partial charge in [-0.25, -0.2) is 0 Å². The lowest BCUT2D eigenvalue weighted by Crippen LogP contribution is -2.38. The molecular formula is C23H33N5O4. The van der Waals surface area contributed by atoms with Crippen LogP contribution in [-0.2, 0) is 16.0 Å². The van der Waals surface area contributed by atoms with E-state index >= 15 is 0 Å². The maximum Gasteiger partial charge on any atom is 0.273 e. The Hall–Kier alpha value is -2.78. The van der Waals surface area contributed by atoms with E-state index in [1.54, 1.807) is 0 Å². The maximum atomic E-state index is 12.4. The van der Waals surface area contributed by atoms with Crippen LogP contribution in [-0.4, -0.2) is 72.0 Å². The van der Waals surface area contributed by atoms with Gasteiger partial charge in [-0.15, -0.1) is 10.2 Å². The molecule has 0 spiro atoms. The molecule has 174 valence electrons. The minimum atomic E-state index is -0.324. The normalized spacial score (nSPS) is 14.5.